The lowest BCUT2D eigenvalue weighted by atomic mass is 10.2. The molecule has 0 atom stereocenters. The molecule has 1 aliphatic rings. The monoisotopic (exact) mass is 335 g/mol. The van der Waals surface area contributed by atoms with E-state index in [1.54, 1.807) is 24.3 Å². The van der Waals surface area contributed by atoms with Crippen molar-refractivity contribution in [3.63, 3.8) is 0 Å². The number of ether oxygens (including phenoxy) is 1. The number of rotatable bonds is 4. The minimum Gasteiger partial charge on any atom is -0.484 e. The van der Waals surface area contributed by atoms with Gasteiger partial charge in [0.1, 0.15) is 5.75 Å². The first-order valence-corrected chi connectivity index (χ1v) is 8.38. The van der Waals surface area contributed by atoms with Gasteiger partial charge in [0.05, 0.1) is 11.6 Å². The summed E-state index contributed by atoms with van der Waals surface area (Å²) in [7, 11) is 0. The highest BCUT2D eigenvalue weighted by molar-refractivity contribution is 5.78. The number of anilines is 1. The lowest BCUT2D eigenvalue weighted by Crippen LogP contribution is -2.50. The van der Waals surface area contributed by atoms with Crippen LogP contribution in [0.25, 0.3) is 0 Å². The van der Waals surface area contributed by atoms with E-state index in [0.29, 0.717) is 24.4 Å². The number of aryl methyl sites for hydroxylation is 1. The van der Waals surface area contributed by atoms with Gasteiger partial charge in [-0.25, -0.2) is 0 Å². The molecule has 0 unspecified atom stereocenters. The van der Waals surface area contributed by atoms with Crippen LogP contribution in [0, 0.1) is 18.3 Å². The van der Waals surface area contributed by atoms with Crippen LogP contribution in [0.2, 0.25) is 0 Å². The lowest BCUT2D eigenvalue weighted by Gasteiger charge is -2.36. The molecule has 1 fully saturated rings. The Morgan fingerprint density at radius 2 is 1.88 bits per heavy atom. The predicted octanol–water partition coefficient (Wildman–Crippen LogP) is 2.59. The molecule has 0 aliphatic carbocycles. The van der Waals surface area contributed by atoms with Crippen LogP contribution in [0.3, 0.4) is 0 Å². The molecule has 0 aromatic heterocycles. The van der Waals surface area contributed by atoms with Crippen LogP contribution in [0.4, 0.5) is 5.69 Å². The molecular weight excluding hydrogens is 314 g/mol. The summed E-state index contributed by atoms with van der Waals surface area (Å²) in [6, 6.07) is 17.3. The van der Waals surface area contributed by atoms with Crippen molar-refractivity contribution in [2.75, 3.05) is 37.7 Å². The van der Waals surface area contributed by atoms with Crippen molar-refractivity contribution < 1.29 is 9.53 Å². The third kappa shape index (κ3) is 4.30. The molecule has 0 saturated carbocycles. The lowest BCUT2D eigenvalue weighted by molar-refractivity contribution is -0.133. The fourth-order valence-electron chi connectivity index (χ4n) is 2.93. The highest BCUT2D eigenvalue weighted by Gasteiger charge is 2.21. The largest absolute Gasteiger partial charge is 0.484 e. The summed E-state index contributed by atoms with van der Waals surface area (Å²) in [4.78, 5) is 16.5. The Balaban J connectivity index is 1.50. The molecule has 0 radical (unpaired) electrons. The van der Waals surface area contributed by atoms with E-state index >= 15 is 0 Å². The van der Waals surface area contributed by atoms with Gasteiger partial charge in [0.25, 0.3) is 5.91 Å². The third-order valence-corrected chi connectivity index (χ3v) is 4.32. The van der Waals surface area contributed by atoms with Crippen LogP contribution in [0.5, 0.6) is 5.75 Å². The first-order valence-electron chi connectivity index (χ1n) is 8.38. The first kappa shape index (κ1) is 16.8. The summed E-state index contributed by atoms with van der Waals surface area (Å²) in [5, 5.41) is 8.89. The number of piperazine rings is 1. The Labute approximate surface area is 148 Å². The Morgan fingerprint density at radius 3 is 2.60 bits per heavy atom. The Bertz CT molecular complexity index is 790. The quantitative estimate of drug-likeness (QED) is 0.862. The van der Waals surface area contributed by atoms with E-state index in [1.807, 2.05) is 4.90 Å². The summed E-state index contributed by atoms with van der Waals surface area (Å²) < 4.78 is 5.53. The summed E-state index contributed by atoms with van der Waals surface area (Å²) in [5.74, 6) is 0.525. The first-order chi connectivity index (χ1) is 12.2. The van der Waals surface area contributed by atoms with Gasteiger partial charge in [-0.15, -0.1) is 0 Å². The van der Waals surface area contributed by atoms with E-state index in [2.05, 4.69) is 42.2 Å². The normalized spacial score (nSPS) is 14.1. The highest BCUT2D eigenvalue weighted by atomic mass is 16.5. The number of benzene rings is 2. The molecule has 25 heavy (non-hydrogen) atoms. The average Bonchev–Trinajstić information content (AvgIpc) is 2.66. The zero-order valence-electron chi connectivity index (χ0n) is 14.3. The van der Waals surface area contributed by atoms with Crippen LogP contribution in [-0.2, 0) is 4.79 Å². The fraction of sp³-hybridized carbons (Fsp3) is 0.300. The molecule has 2 aromatic rings. The van der Waals surface area contributed by atoms with Gasteiger partial charge in [-0.1, -0.05) is 18.2 Å². The molecule has 0 spiro atoms. The summed E-state index contributed by atoms with van der Waals surface area (Å²) in [6.45, 7) is 5.10. The molecule has 1 amide bonds. The molecule has 0 bridgehead atoms. The molecule has 1 aliphatic heterocycles. The number of carbonyl (C=O) groups excluding carboxylic acids is 1. The van der Waals surface area contributed by atoms with Gasteiger partial charge in [0.15, 0.2) is 6.61 Å². The van der Waals surface area contributed by atoms with Crippen molar-refractivity contribution in [3.8, 4) is 11.8 Å². The number of nitrogens with zero attached hydrogens (tertiary/aromatic N) is 3. The van der Waals surface area contributed by atoms with E-state index in [9.17, 15) is 4.79 Å². The smallest absolute Gasteiger partial charge is 0.260 e. The molecule has 1 heterocycles. The van der Waals surface area contributed by atoms with Gasteiger partial charge >= 0.3 is 0 Å². The van der Waals surface area contributed by atoms with Crippen LogP contribution < -0.4 is 9.64 Å². The number of hydrogen-bond donors (Lipinski definition) is 0. The molecule has 128 valence electrons. The van der Waals surface area contributed by atoms with E-state index in [1.165, 1.54) is 11.3 Å². The van der Waals surface area contributed by atoms with Gasteiger partial charge in [0, 0.05) is 31.9 Å². The number of carbonyl (C=O) groups is 1. The topological polar surface area (TPSA) is 56.6 Å². The van der Waals surface area contributed by atoms with Crippen molar-refractivity contribution in [1.82, 2.24) is 4.90 Å². The second-order valence-electron chi connectivity index (χ2n) is 6.14. The SMILES string of the molecule is Cc1cccc(N2CCN(C(=O)COc3cccc(C#N)c3)CC2)c1. The summed E-state index contributed by atoms with van der Waals surface area (Å²) in [6.07, 6.45) is 0. The Hall–Kier alpha value is -3.00. The van der Waals surface area contributed by atoms with Crippen molar-refractivity contribution in [3.05, 3.63) is 59.7 Å². The number of amides is 1. The number of hydrogen-bond acceptors (Lipinski definition) is 4. The standard InChI is InChI=1S/C20H21N3O2/c1-16-4-2-6-18(12-16)22-8-10-23(11-9-22)20(24)15-25-19-7-3-5-17(13-19)14-21/h2-7,12-13H,8-11,15H2,1H3. The fourth-order valence-corrected chi connectivity index (χ4v) is 2.93. The molecule has 3 rings (SSSR count). The summed E-state index contributed by atoms with van der Waals surface area (Å²) in [5.41, 5.74) is 2.97. The van der Waals surface area contributed by atoms with Crippen molar-refractivity contribution in [2.24, 2.45) is 0 Å². The number of nitriles is 1. The predicted molar refractivity (Wildman–Crippen MR) is 96.6 cm³/mol. The third-order valence-electron chi connectivity index (χ3n) is 4.32. The second kappa shape index (κ2) is 7.71. The Morgan fingerprint density at radius 1 is 1.12 bits per heavy atom. The maximum atomic E-state index is 12.3. The second-order valence-corrected chi connectivity index (χ2v) is 6.14. The van der Waals surface area contributed by atoms with Gasteiger partial charge in [-0.2, -0.15) is 5.26 Å². The minimum absolute atomic E-state index is 0.000668. The maximum Gasteiger partial charge on any atom is 0.260 e. The molecular formula is C20H21N3O2. The minimum atomic E-state index is -0.0220. The van der Waals surface area contributed by atoms with Crippen molar-refractivity contribution >= 4 is 11.6 Å². The molecule has 2 aromatic carbocycles. The van der Waals surface area contributed by atoms with Crippen LogP contribution in [0.1, 0.15) is 11.1 Å². The van der Waals surface area contributed by atoms with E-state index in [-0.39, 0.29) is 12.5 Å². The zero-order valence-corrected chi connectivity index (χ0v) is 14.3. The van der Waals surface area contributed by atoms with Gasteiger partial charge in [-0.3, -0.25) is 4.79 Å². The van der Waals surface area contributed by atoms with Gasteiger partial charge < -0.3 is 14.5 Å². The van der Waals surface area contributed by atoms with Crippen LogP contribution in [0.15, 0.2) is 48.5 Å². The van der Waals surface area contributed by atoms with Crippen LogP contribution >= 0.6 is 0 Å². The van der Waals surface area contributed by atoms with Gasteiger partial charge in [0.2, 0.25) is 0 Å². The van der Waals surface area contributed by atoms with E-state index in [0.717, 1.165) is 13.1 Å². The van der Waals surface area contributed by atoms with Crippen molar-refractivity contribution in [2.45, 2.75) is 6.92 Å². The highest BCUT2D eigenvalue weighted by Crippen LogP contribution is 2.18. The molecule has 5 nitrogen and oxygen atoms in total. The van der Waals surface area contributed by atoms with Crippen molar-refractivity contribution in [1.29, 1.82) is 5.26 Å². The van der Waals surface area contributed by atoms with Crippen LogP contribution in [-0.4, -0.2) is 43.6 Å². The Kier molecular flexibility index (Phi) is 5.20. The average molecular weight is 335 g/mol. The molecule has 5 heteroatoms. The molecule has 1 saturated heterocycles. The van der Waals surface area contributed by atoms with E-state index in [4.69, 9.17) is 10.00 Å². The van der Waals surface area contributed by atoms with E-state index < -0.39 is 0 Å². The van der Waals surface area contributed by atoms with Gasteiger partial charge in [-0.05, 0) is 42.8 Å². The zero-order chi connectivity index (χ0) is 17.6. The maximum absolute atomic E-state index is 12.3. The summed E-state index contributed by atoms with van der Waals surface area (Å²) >= 11 is 0. The molecule has 0 N–H and O–H groups in total.